The largest absolute Gasteiger partial charge is 0.493 e. The molecule has 1 aliphatic carbocycles. The number of carbonyl (C=O) groups excluding carboxylic acids is 3. The summed E-state index contributed by atoms with van der Waals surface area (Å²) in [5.74, 6) is 0.294. The zero-order valence-electron chi connectivity index (χ0n) is 27.4. The summed E-state index contributed by atoms with van der Waals surface area (Å²) >= 11 is 2.82. The fourth-order valence-corrected chi connectivity index (χ4v) is 8.45. The Morgan fingerprint density at radius 2 is 1.55 bits per heavy atom. The Kier molecular flexibility index (Phi) is 10.7. The van der Waals surface area contributed by atoms with E-state index >= 15 is 0 Å². The molecule has 2 unspecified atom stereocenters. The molecule has 250 valence electrons. The number of methoxy groups -OCH3 is 3. The molecule has 1 heterocycles. The van der Waals surface area contributed by atoms with Gasteiger partial charge in [0.05, 0.1) is 26.9 Å². The molecule has 10 heteroatoms. The summed E-state index contributed by atoms with van der Waals surface area (Å²) in [5.41, 5.74) is 4.46. The van der Waals surface area contributed by atoms with Gasteiger partial charge in [-0.1, -0.05) is 66.7 Å². The zero-order valence-corrected chi connectivity index (χ0v) is 29.0. The first-order valence-corrected chi connectivity index (χ1v) is 17.5. The van der Waals surface area contributed by atoms with Crippen molar-refractivity contribution in [2.75, 3.05) is 32.0 Å². The topological polar surface area (TPSA) is 103 Å². The van der Waals surface area contributed by atoms with Crippen LogP contribution < -0.4 is 20.1 Å². The molecule has 1 aromatic heterocycles. The summed E-state index contributed by atoms with van der Waals surface area (Å²) in [6.45, 7) is 0. The minimum Gasteiger partial charge on any atom is -0.493 e. The van der Waals surface area contributed by atoms with Crippen molar-refractivity contribution in [1.82, 2.24) is 0 Å². The first-order valence-electron chi connectivity index (χ1n) is 15.8. The third-order valence-electron chi connectivity index (χ3n) is 8.49. The molecule has 0 bridgehead atoms. The lowest BCUT2D eigenvalue weighted by Gasteiger charge is -2.22. The zero-order chi connectivity index (χ0) is 34.3. The molecule has 0 spiro atoms. The molecule has 6 rings (SSSR count). The van der Waals surface area contributed by atoms with E-state index in [9.17, 15) is 14.4 Å². The number of benzene rings is 4. The van der Waals surface area contributed by atoms with Crippen LogP contribution in [0.25, 0.3) is 0 Å². The van der Waals surface area contributed by atoms with E-state index in [1.807, 2.05) is 66.7 Å². The number of hydrogen-bond acceptors (Lipinski definition) is 8. The molecule has 49 heavy (non-hydrogen) atoms. The van der Waals surface area contributed by atoms with Crippen molar-refractivity contribution in [3.63, 3.8) is 0 Å². The Morgan fingerprint density at radius 3 is 2.27 bits per heavy atom. The van der Waals surface area contributed by atoms with Gasteiger partial charge in [-0.05, 0) is 78.3 Å². The number of nitrogens with one attached hydrogen (secondary N) is 2. The summed E-state index contributed by atoms with van der Waals surface area (Å²) < 4.78 is 15.8. The standard InChI is InChI=1S/C39H36N2O6S2/c1-45-31-20-18-27(21-32(31)46-2)36(42)40-28-15-10-16-29(23-28)48-35(25-13-8-5-9-14-25)37(43)41-38-34(39(44)47-3)30-19-17-26(22-33(30)49-38)24-11-6-4-7-12-24/h4-16,18,20-21,23,26,35H,17,19,22H2,1-3H3,(H,40,42)(H,41,43). The van der Waals surface area contributed by atoms with E-state index in [-0.39, 0.29) is 11.8 Å². The number of ether oxygens (including phenoxy) is 3. The van der Waals surface area contributed by atoms with Crippen LogP contribution in [0.1, 0.15) is 59.9 Å². The summed E-state index contributed by atoms with van der Waals surface area (Å²) in [7, 11) is 4.42. The van der Waals surface area contributed by atoms with E-state index in [0.717, 1.165) is 40.2 Å². The molecule has 2 amide bonds. The van der Waals surface area contributed by atoms with E-state index in [1.165, 1.54) is 50.0 Å². The normalized spacial score (nSPS) is 14.2. The number of hydrogen-bond donors (Lipinski definition) is 2. The molecular weight excluding hydrogens is 657 g/mol. The van der Waals surface area contributed by atoms with Crippen LogP contribution in [0.4, 0.5) is 10.7 Å². The second-order valence-corrected chi connectivity index (χ2v) is 13.8. The lowest BCUT2D eigenvalue weighted by Crippen LogP contribution is -2.20. The summed E-state index contributed by atoms with van der Waals surface area (Å²) in [6.07, 6.45) is 2.43. The maximum Gasteiger partial charge on any atom is 0.341 e. The minimum atomic E-state index is -0.653. The molecule has 0 saturated heterocycles. The van der Waals surface area contributed by atoms with Gasteiger partial charge >= 0.3 is 5.97 Å². The van der Waals surface area contributed by atoms with Gasteiger partial charge in [0.2, 0.25) is 5.91 Å². The predicted molar refractivity (Wildman–Crippen MR) is 194 cm³/mol. The van der Waals surface area contributed by atoms with Gasteiger partial charge in [0, 0.05) is 21.0 Å². The predicted octanol–water partition coefficient (Wildman–Crippen LogP) is 8.55. The van der Waals surface area contributed by atoms with Crippen LogP contribution in [0.15, 0.2) is 108 Å². The van der Waals surface area contributed by atoms with Crippen LogP contribution in [-0.4, -0.2) is 39.1 Å². The Morgan fingerprint density at radius 1 is 0.816 bits per heavy atom. The second kappa shape index (κ2) is 15.4. The van der Waals surface area contributed by atoms with Crippen LogP contribution >= 0.6 is 23.1 Å². The number of anilines is 2. The van der Waals surface area contributed by atoms with Gasteiger partial charge in [0.1, 0.15) is 10.3 Å². The average molecular weight is 693 g/mol. The third kappa shape index (κ3) is 7.66. The molecule has 1 aliphatic rings. The molecule has 2 atom stereocenters. The highest BCUT2D eigenvalue weighted by Gasteiger charge is 2.32. The van der Waals surface area contributed by atoms with Crippen molar-refractivity contribution in [2.45, 2.75) is 35.3 Å². The fourth-order valence-electron chi connectivity index (χ4n) is 6.04. The Hall–Kier alpha value is -5.06. The van der Waals surface area contributed by atoms with Crippen molar-refractivity contribution in [3.8, 4) is 11.5 Å². The summed E-state index contributed by atoms with van der Waals surface area (Å²) in [6, 6.07) is 32.2. The molecule has 0 fully saturated rings. The Balaban J connectivity index is 1.24. The van der Waals surface area contributed by atoms with Crippen LogP contribution in [0, 0.1) is 0 Å². The van der Waals surface area contributed by atoms with Gasteiger partial charge in [0.15, 0.2) is 11.5 Å². The number of carbonyl (C=O) groups is 3. The highest BCUT2D eigenvalue weighted by atomic mass is 32.2. The molecule has 0 radical (unpaired) electrons. The van der Waals surface area contributed by atoms with Crippen LogP contribution in [0.5, 0.6) is 11.5 Å². The van der Waals surface area contributed by atoms with Gasteiger partial charge in [-0.3, -0.25) is 9.59 Å². The van der Waals surface area contributed by atoms with Crippen molar-refractivity contribution < 1.29 is 28.6 Å². The molecule has 4 aromatic carbocycles. The summed E-state index contributed by atoms with van der Waals surface area (Å²) in [4.78, 5) is 42.3. The Labute approximate surface area is 293 Å². The minimum absolute atomic E-state index is 0.265. The van der Waals surface area contributed by atoms with E-state index in [1.54, 1.807) is 24.3 Å². The SMILES string of the molecule is COC(=O)c1c(NC(=O)C(Sc2cccc(NC(=O)c3ccc(OC)c(OC)c3)c2)c2ccccc2)sc2c1CCC(c1ccccc1)C2. The monoisotopic (exact) mass is 692 g/mol. The van der Waals surface area contributed by atoms with Gasteiger partial charge in [-0.2, -0.15) is 0 Å². The van der Waals surface area contributed by atoms with E-state index in [0.29, 0.717) is 39.2 Å². The number of esters is 1. The second-order valence-electron chi connectivity index (χ2n) is 11.5. The van der Waals surface area contributed by atoms with E-state index in [2.05, 4.69) is 22.8 Å². The smallest absolute Gasteiger partial charge is 0.341 e. The van der Waals surface area contributed by atoms with Crippen molar-refractivity contribution in [3.05, 3.63) is 136 Å². The number of rotatable bonds is 11. The fraction of sp³-hybridized carbons (Fsp3) is 0.205. The van der Waals surface area contributed by atoms with Crippen LogP contribution in [0.3, 0.4) is 0 Å². The van der Waals surface area contributed by atoms with Gasteiger partial charge < -0.3 is 24.8 Å². The quantitative estimate of drug-likeness (QED) is 0.106. The third-order valence-corrected chi connectivity index (χ3v) is 10.9. The van der Waals surface area contributed by atoms with E-state index in [4.69, 9.17) is 14.2 Å². The van der Waals surface area contributed by atoms with Crippen molar-refractivity contribution in [1.29, 1.82) is 0 Å². The van der Waals surface area contributed by atoms with Crippen molar-refractivity contribution >= 4 is 51.6 Å². The van der Waals surface area contributed by atoms with Crippen LogP contribution in [0.2, 0.25) is 0 Å². The van der Waals surface area contributed by atoms with Gasteiger partial charge in [-0.25, -0.2) is 4.79 Å². The molecular formula is C39H36N2O6S2. The average Bonchev–Trinajstić information content (AvgIpc) is 3.50. The Bertz CT molecular complexity index is 1960. The highest BCUT2D eigenvalue weighted by Crippen LogP contribution is 2.44. The number of thioether (sulfide) groups is 1. The maximum absolute atomic E-state index is 14.2. The van der Waals surface area contributed by atoms with Gasteiger partial charge in [0.25, 0.3) is 5.91 Å². The number of thiophene rings is 1. The summed E-state index contributed by atoms with van der Waals surface area (Å²) in [5, 5.41) is 5.91. The first-order chi connectivity index (χ1) is 23.9. The van der Waals surface area contributed by atoms with E-state index < -0.39 is 11.2 Å². The highest BCUT2D eigenvalue weighted by molar-refractivity contribution is 8.00. The molecule has 0 saturated carbocycles. The lowest BCUT2D eigenvalue weighted by molar-refractivity contribution is -0.115. The van der Waals surface area contributed by atoms with Crippen LogP contribution in [-0.2, 0) is 22.4 Å². The van der Waals surface area contributed by atoms with Crippen molar-refractivity contribution in [2.24, 2.45) is 0 Å². The first kappa shape index (κ1) is 33.8. The lowest BCUT2D eigenvalue weighted by atomic mass is 9.83. The molecule has 5 aromatic rings. The number of amides is 2. The van der Waals surface area contributed by atoms with Gasteiger partial charge in [-0.15, -0.1) is 23.1 Å². The number of fused-ring (bicyclic) bond motifs is 1. The molecule has 0 aliphatic heterocycles. The maximum atomic E-state index is 14.2. The molecule has 8 nitrogen and oxygen atoms in total. The molecule has 2 N–H and O–H groups in total.